The Labute approximate surface area is 87.7 Å². The number of hydrogen-bond acceptors (Lipinski definition) is 3. The number of fused-ring (bicyclic) bond motifs is 1. The van der Waals surface area contributed by atoms with Crippen LogP contribution >= 0.6 is 0 Å². The van der Waals surface area contributed by atoms with E-state index in [1.54, 1.807) is 12.1 Å². The van der Waals surface area contributed by atoms with E-state index in [0.29, 0.717) is 18.7 Å². The summed E-state index contributed by atoms with van der Waals surface area (Å²) in [5, 5.41) is 3.45. The Balaban J connectivity index is 1.55. The van der Waals surface area contributed by atoms with Crippen LogP contribution in [0.3, 0.4) is 0 Å². The molecule has 15 heavy (non-hydrogen) atoms. The molecular weight excluding hydrogens is 195 g/mol. The maximum absolute atomic E-state index is 13.1. The lowest BCUT2D eigenvalue weighted by molar-refractivity contribution is 0.254. The van der Waals surface area contributed by atoms with E-state index >= 15 is 0 Å². The third-order valence-electron chi connectivity index (χ3n) is 3.12. The van der Waals surface area contributed by atoms with Crippen molar-refractivity contribution in [3.05, 3.63) is 24.3 Å². The summed E-state index contributed by atoms with van der Waals surface area (Å²) in [6.07, 6.45) is 3.88. The Morgan fingerprint density at radius 3 is 3.20 bits per heavy atom. The molecule has 3 nitrogen and oxygen atoms in total. The molecule has 4 heteroatoms. The van der Waals surface area contributed by atoms with Gasteiger partial charge in [-0.25, -0.2) is 4.98 Å². The topological polar surface area (TPSA) is 34.1 Å². The molecule has 1 aromatic heterocycles. The molecule has 0 spiro atoms. The maximum Gasteiger partial charge on any atom is 0.255 e. The molecule has 3 atom stereocenters. The van der Waals surface area contributed by atoms with Crippen LogP contribution in [0.2, 0.25) is 0 Å². The molecule has 2 fully saturated rings. The van der Waals surface area contributed by atoms with Gasteiger partial charge in [0.25, 0.3) is 5.95 Å². The van der Waals surface area contributed by atoms with Gasteiger partial charge in [-0.2, -0.15) is 4.39 Å². The monoisotopic (exact) mass is 208 g/mol. The predicted molar refractivity (Wildman–Crippen MR) is 53.1 cm³/mol. The van der Waals surface area contributed by atoms with E-state index in [9.17, 15) is 4.39 Å². The zero-order valence-corrected chi connectivity index (χ0v) is 8.32. The number of piperidine rings is 1. The van der Waals surface area contributed by atoms with Crippen molar-refractivity contribution >= 4 is 0 Å². The zero-order chi connectivity index (χ0) is 10.3. The fourth-order valence-electron chi connectivity index (χ4n) is 2.23. The first kappa shape index (κ1) is 9.09. The molecule has 0 amide bonds. The van der Waals surface area contributed by atoms with Gasteiger partial charge in [0.15, 0.2) is 5.75 Å². The van der Waals surface area contributed by atoms with Gasteiger partial charge in [-0.3, -0.25) is 0 Å². The smallest absolute Gasteiger partial charge is 0.255 e. The predicted octanol–water partition coefficient (Wildman–Crippen LogP) is 1.35. The molecule has 1 saturated carbocycles. The average molecular weight is 208 g/mol. The molecule has 1 N–H and O–H groups in total. The van der Waals surface area contributed by atoms with E-state index in [4.69, 9.17) is 4.74 Å². The fourth-order valence-corrected chi connectivity index (χ4v) is 2.23. The molecule has 1 aliphatic carbocycles. The molecule has 80 valence electrons. The van der Waals surface area contributed by atoms with Crippen molar-refractivity contribution in [3.8, 4) is 5.75 Å². The van der Waals surface area contributed by atoms with Crippen molar-refractivity contribution in [2.24, 2.45) is 5.92 Å². The number of nitrogens with one attached hydrogen (secondary N) is 1. The Hall–Kier alpha value is -1.16. The van der Waals surface area contributed by atoms with Crippen LogP contribution in [-0.4, -0.2) is 23.7 Å². The van der Waals surface area contributed by atoms with Gasteiger partial charge in [0, 0.05) is 18.3 Å². The number of hydrogen-bond donors (Lipinski definition) is 1. The molecule has 1 aliphatic heterocycles. The highest BCUT2D eigenvalue weighted by Crippen LogP contribution is 2.40. The van der Waals surface area contributed by atoms with Crippen molar-refractivity contribution in [3.63, 3.8) is 0 Å². The minimum Gasteiger partial charge on any atom is -0.487 e. The van der Waals surface area contributed by atoms with Gasteiger partial charge in [-0.15, -0.1) is 0 Å². The first-order valence-corrected chi connectivity index (χ1v) is 5.32. The van der Waals surface area contributed by atoms with E-state index in [0.717, 1.165) is 12.3 Å². The molecule has 0 bridgehead atoms. The van der Waals surface area contributed by atoms with E-state index < -0.39 is 5.95 Å². The second kappa shape index (κ2) is 3.45. The molecule has 1 saturated heterocycles. The van der Waals surface area contributed by atoms with Crippen LogP contribution in [0.15, 0.2) is 18.3 Å². The molecule has 0 aromatic carbocycles. The van der Waals surface area contributed by atoms with Gasteiger partial charge in [-0.1, -0.05) is 0 Å². The van der Waals surface area contributed by atoms with E-state index in [-0.39, 0.29) is 5.75 Å². The van der Waals surface area contributed by atoms with Gasteiger partial charge < -0.3 is 10.1 Å². The maximum atomic E-state index is 13.1. The summed E-state index contributed by atoms with van der Waals surface area (Å²) in [4.78, 5) is 3.54. The Kier molecular flexibility index (Phi) is 2.09. The third-order valence-corrected chi connectivity index (χ3v) is 3.12. The summed E-state index contributed by atoms with van der Waals surface area (Å²) < 4.78 is 18.5. The lowest BCUT2D eigenvalue weighted by atomic mass is 10.2. The number of rotatable bonds is 3. The van der Waals surface area contributed by atoms with Crippen LogP contribution in [0.1, 0.15) is 12.8 Å². The summed E-state index contributed by atoms with van der Waals surface area (Å²) in [6, 6.07) is 4.38. The molecule has 3 rings (SSSR count). The second-order valence-electron chi connectivity index (χ2n) is 4.30. The van der Waals surface area contributed by atoms with Gasteiger partial charge in [0.1, 0.15) is 6.61 Å². The highest BCUT2D eigenvalue weighted by Gasteiger charge is 2.45. The van der Waals surface area contributed by atoms with Crippen LogP contribution in [0, 0.1) is 11.9 Å². The summed E-state index contributed by atoms with van der Waals surface area (Å²) in [5.74, 6) is 0.567. The van der Waals surface area contributed by atoms with E-state index in [2.05, 4.69) is 10.3 Å². The van der Waals surface area contributed by atoms with Crippen molar-refractivity contribution in [2.45, 2.75) is 24.9 Å². The number of halogens is 1. The Morgan fingerprint density at radius 2 is 2.47 bits per heavy atom. The molecular formula is C11H13FN2O. The SMILES string of the molecule is Fc1ncccc1OCC1CC2CC2N1. The summed E-state index contributed by atoms with van der Waals surface area (Å²) in [6.45, 7) is 0.537. The van der Waals surface area contributed by atoms with E-state index in [1.807, 2.05) is 0 Å². The zero-order valence-electron chi connectivity index (χ0n) is 8.32. The van der Waals surface area contributed by atoms with Gasteiger partial charge >= 0.3 is 0 Å². The fraction of sp³-hybridized carbons (Fsp3) is 0.545. The van der Waals surface area contributed by atoms with Gasteiger partial charge in [-0.05, 0) is 30.9 Å². The van der Waals surface area contributed by atoms with E-state index in [1.165, 1.54) is 12.6 Å². The first-order valence-electron chi connectivity index (χ1n) is 5.32. The normalized spacial score (nSPS) is 32.5. The van der Waals surface area contributed by atoms with Crippen LogP contribution in [0.5, 0.6) is 5.75 Å². The van der Waals surface area contributed by atoms with Crippen molar-refractivity contribution < 1.29 is 9.13 Å². The number of aromatic nitrogens is 1. The van der Waals surface area contributed by atoms with Crippen molar-refractivity contribution in [2.75, 3.05) is 6.61 Å². The van der Waals surface area contributed by atoms with Crippen LogP contribution in [0.4, 0.5) is 4.39 Å². The van der Waals surface area contributed by atoms with Crippen LogP contribution in [-0.2, 0) is 0 Å². The number of ether oxygens (including phenoxy) is 1. The molecule has 2 heterocycles. The van der Waals surface area contributed by atoms with Gasteiger partial charge in [0.05, 0.1) is 0 Å². The Morgan fingerprint density at radius 1 is 1.53 bits per heavy atom. The minimum absolute atomic E-state index is 0.250. The first-order chi connectivity index (χ1) is 7.33. The Bertz CT molecular complexity index is 361. The molecule has 1 aromatic rings. The minimum atomic E-state index is -0.527. The quantitative estimate of drug-likeness (QED) is 0.761. The molecule has 3 unspecified atom stereocenters. The lowest BCUT2D eigenvalue weighted by Gasteiger charge is -2.14. The highest BCUT2D eigenvalue weighted by molar-refractivity contribution is 5.18. The van der Waals surface area contributed by atoms with Crippen LogP contribution < -0.4 is 10.1 Å². The largest absolute Gasteiger partial charge is 0.487 e. The summed E-state index contributed by atoms with van der Waals surface area (Å²) in [5.41, 5.74) is 0. The summed E-state index contributed by atoms with van der Waals surface area (Å²) >= 11 is 0. The average Bonchev–Trinajstić information content (AvgIpc) is 2.85. The second-order valence-corrected chi connectivity index (χ2v) is 4.30. The van der Waals surface area contributed by atoms with Crippen LogP contribution in [0.25, 0.3) is 0 Å². The highest BCUT2D eigenvalue weighted by atomic mass is 19.1. The van der Waals surface area contributed by atoms with Gasteiger partial charge in [0.2, 0.25) is 0 Å². The van der Waals surface area contributed by atoms with Crippen molar-refractivity contribution in [1.82, 2.24) is 10.3 Å². The molecule has 2 aliphatic rings. The van der Waals surface area contributed by atoms with Crippen molar-refractivity contribution in [1.29, 1.82) is 0 Å². The number of nitrogens with zero attached hydrogens (tertiary/aromatic N) is 1. The standard InChI is InChI=1S/C11H13FN2O/c12-11-10(2-1-3-13-11)15-6-8-4-7-5-9(7)14-8/h1-3,7-9,14H,4-6H2. The summed E-state index contributed by atoms with van der Waals surface area (Å²) in [7, 11) is 0. The number of pyridine rings is 1. The lowest BCUT2D eigenvalue weighted by Crippen LogP contribution is -2.31. The third kappa shape index (κ3) is 1.81. The molecule has 0 radical (unpaired) electrons.